The molecule has 8 nitrogen and oxygen atoms in total. The second kappa shape index (κ2) is 11.2. The number of amidine groups is 1. The van der Waals surface area contributed by atoms with Crippen molar-refractivity contribution >= 4 is 28.6 Å². The van der Waals surface area contributed by atoms with Gasteiger partial charge in [-0.3, -0.25) is 19.9 Å². The van der Waals surface area contributed by atoms with Crippen molar-refractivity contribution in [1.82, 2.24) is 14.8 Å². The van der Waals surface area contributed by atoms with Crippen molar-refractivity contribution in [3.8, 4) is 0 Å². The summed E-state index contributed by atoms with van der Waals surface area (Å²) >= 11 is 0. The Labute approximate surface area is 207 Å². The molecule has 2 heterocycles. The number of esters is 1. The molecule has 0 spiro atoms. The van der Waals surface area contributed by atoms with Gasteiger partial charge in [-0.15, -0.1) is 0 Å². The molecule has 1 aromatic carbocycles. The molecule has 8 heteroatoms. The van der Waals surface area contributed by atoms with E-state index >= 15 is 0 Å². The molecular weight excluding hydrogens is 442 g/mol. The van der Waals surface area contributed by atoms with Gasteiger partial charge in [0.1, 0.15) is 12.4 Å². The van der Waals surface area contributed by atoms with Gasteiger partial charge in [0.15, 0.2) is 0 Å². The third-order valence-corrected chi connectivity index (χ3v) is 7.84. The second-order valence-corrected chi connectivity index (χ2v) is 10.00. The second-order valence-electron chi connectivity index (χ2n) is 10.00. The number of nitrogens with two attached hydrogens (primary N) is 1. The number of nitrogen functional groups attached to an aromatic ring is 1. The van der Waals surface area contributed by atoms with Crippen molar-refractivity contribution < 1.29 is 14.3 Å². The van der Waals surface area contributed by atoms with E-state index in [-0.39, 0.29) is 24.3 Å². The number of benzene rings is 1. The summed E-state index contributed by atoms with van der Waals surface area (Å²) in [5.74, 6) is 0.0118. The van der Waals surface area contributed by atoms with Gasteiger partial charge < -0.3 is 20.4 Å². The fraction of sp³-hybridized carbons (Fsp3) is 0.593. The zero-order chi connectivity index (χ0) is 24.9. The monoisotopic (exact) mass is 481 g/mol. The van der Waals surface area contributed by atoms with Crippen LogP contribution in [0.25, 0.3) is 10.9 Å². The van der Waals surface area contributed by atoms with E-state index in [1.807, 2.05) is 18.2 Å². The number of fused-ring (bicyclic) bond motifs is 1. The first kappa shape index (κ1) is 25.2. The first-order chi connectivity index (χ1) is 16.9. The molecular formula is C27H39N5O3. The lowest BCUT2D eigenvalue weighted by atomic mass is 9.96. The average Bonchev–Trinajstić information content (AvgIpc) is 3.55. The lowest BCUT2D eigenvalue weighted by Gasteiger charge is -2.34. The molecule has 0 radical (unpaired) electrons. The van der Waals surface area contributed by atoms with Crippen molar-refractivity contribution in [2.75, 3.05) is 19.7 Å². The summed E-state index contributed by atoms with van der Waals surface area (Å²) in [6.45, 7) is 3.15. The first-order valence-electron chi connectivity index (χ1n) is 13.0. The molecule has 1 aliphatic carbocycles. The fourth-order valence-electron chi connectivity index (χ4n) is 6.10. The molecule has 4 N–H and O–H groups in total. The third kappa shape index (κ3) is 5.86. The van der Waals surface area contributed by atoms with Crippen LogP contribution in [0.4, 0.5) is 0 Å². The Hall–Kier alpha value is -2.87. The Kier molecular flexibility index (Phi) is 8.11. The van der Waals surface area contributed by atoms with E-state index < -0.39 is 0 Å². The van der Waals surface area contributed by atoms with Crippen LogP contribution in [0.5, 0.6) is 0 Å². The summed E-state index contributed by atoms with van der Waals surface area (Å²) in [5, 5.41) is 11.6. The lowest BCUT2D eigenvalue weighted by Crippen LogP contribution is -2.43. The van der Waals surface area contributed by atoms with E-state index in [1.54, 1.807) is 6.92 Å². The number of aromatic nitrogens is 1. The molecule has 3 atom stereocenters. The molecule has 1 aromatic heterocycles. The number of hydrogen-bond donors (Lipinski definition) is 3. The zero-order valence-electron chi connectivity index (χ0n) is 21.0. The van der Waals surface area contributed by atoms with Gasteiger partial charge in [-0.05, 0) is 75.4 Å². The molecule has 1 aliphatic heterocycles. The number of rotatable bonds is 10. The van der Waals surface area contributed by atoms with Crippen LogP contribution in [0.3, 0.4) is 0 Å². The molecule has 2 fully saturated rings. The van der Waals surface area contributed by atoms with Crippen LogP contribution >= 0.6 is 0 Å². The number of nitrogens with zero attached hydrogens (tertiary/aromatic N) is 2. The van der Waals surface area contributed by atoms with Gasteiger partial charge in [-0.2, -0.15) is 0 Å². The van der Waals surface area contributed by atoms with Crippen LogP contribution < -0.4 is 11.1 Å². The molecule has 1 saturated carbocycles. The van der Waals surface area contributed by atoms with Crippen molar-refractivity contribution in [3.05, 3.63) is 35.5 Å². The largest absolute Gasteiger partial charge is 0.465 e. The molecule has 1 saturated heterocycles. The summed E-state index contributed by atoms with van der Waals surface area (Å²) in [4.78, 5) is 26.7. The molecule has 190 valence electrons. The maximum Gasteiger partial charge on any atom is 0.325 e. The Bertz CT molecular complexity index is 1080. The molecule has 2 aromatic rings. The van der Waals surface area contributed by atoms with E-state index in [1.165, 1.54) is 23.9 Å². The minimum atomic E-state index is -0.380. The quantitative estimate of drug-likeness (QED) is 0.274. The maximum absolute atomic E-state index is 12.5. The van der Waals surface area contributed by atoms with E-state index in [0.29, 0.717) is 31.0 Å². The topological polar surface area (TPSA) is 113 Å². The molecule has 1 amide bonds. The molecule has 0 bridgehead atoms. The minimum absolute atomic E-state index is 0.0463. The predicted molar refractivity (Wildman–Crippen MR) is 137 cm³/mol. The molecule has 35 heavy (non-hydrogen) atoms. The van der Waals surface area contributed by atoms with Gasteiger partial charge in [0.05, 0.1) is 6.61 Å². The highest BCUT2D eigenvalue weighted by Crippen LogP contribution is 2.37. The van der Waals surface area contributed by atoms with Crippen molar-refractivity contribution in [3.63, 3.8) is 0 Å². The lowest BCUT2D eigenvalue weighted by molar-refractivity contribution is -0.143. The summed E-state index contributed by atoms with van der Waals surface area (Å²) in [6.07, 6.45) is 8.37. The Morgan fingerprint density at radius 3 is 2.80 bits per heavy atom. The van der Waals surface area contributed by atoms with Gasteiger partial charge in [-0.25, -0.2) is 0 Å². The summed E-state index contributed by atoms with van der Waals surface area (Å²) in [5.41, 5.74) is 8.85. The number of amides is 1. The number of hydrogen-bond acceptors (Lipinski definition) is 5. The average molecular weight is 482 g/mol. The Morgan fingerprint density at radius 1 is 1.20 bits per heavy atom. The van der Waals surface area contributed by atoms with Gasteiger partial charge in [0.25, 0.3) is 0 Å². The van der Waals surface area contributed by atoms with E-state index in [2.05, 4.69) is 27.9 Å². The first-order valence-corrected chi connectivity index (χ1v) is 13.0. The number of nitrogens with one attached hydrogen (secondary N) is 2. The molecule has 2 unspecified atom stereocenters. The Morgan fingerprint density at radius 2 is 2.03 bits per heavy atom. The van der Waals surface area contributed by atoms with Crippen LogP contribution in [-0.2, 0) is 27.8 Å². The van der Waals surface area contributed by atoms with Crippen molar-refractivity contribution in [1.29, 1.82) is 5.41 Å². The van der Waals surface area contributed by atoms with E-state index in [9.17, 15) is 9.59 Å². The molecule has 4 rings (SSSR count). The fourth-order valence-corrected chi connectivity index (χ4v) is 6.10. The summed E-state index contributed by atoms with van der Waals surface area (Å²) in [6, 6.07) is 9.20. The van der Waals surface area contributed by atoms with Gasteiger partial charge in [0, 0.05) is 42.3 Å². The standard InChI is InChI=1S/C27H39N5O3/c1-3-35-26(34)17-30-25(33)16-18-6-4-8-23(18)32-13-5-7-21(32)11-12-22-14-19-9-10-20(27(28)29)15-24(19)31(22)2/h9-10,14-15,18,21,23H,3-8,11-13,16-17H2,1-2H3,(H3,28,29)(H,30,33)/t18?,21-,23?/m0/s1. The number of ether oxygens (including phenoxy) is 1. The highest BCUT2D eigenvalue weighted by Gasteiger charge is 2.38. The van der Waals surface area contributed by atoms with Gasteiger partial charge in [-0.1, -0.05) is 18.6 Å². The highest BCUT2D eigenvalue weighted by molar-refractivity contribution is 5.98. The van der Waals surface area contributed by atoms with Crippen molar-refractivity contribution in [2.24, 2.45) is 18.7 Å². The maximum atomic E-state index is 12.5. The number of aryl methyl sites for hydroxylation is 2. The molecule has 2 aliphatic rings. The SMILES string of the molecule is CCOC(=O)CNC(=O)CC1CCCC1N1CCC[C@H]1CCc1cc2ccc(C(=N)N)cc2n1C. The Balaban J connectivity index is 1.36. The predicted octanol–water partition coefficient (Wildman–Crippen LogP) is 3.10. The van der Waals surface area contributed by atoms with Crippen LogP contribution in [0.1, 0.15) is 63.1 Å². The smallest absolute Gasteiger partial charge is 0.325 e. The highest BCUT2D eigenvalue weighted by atomic mass is 16.5. The van der Waals surface area contributed by atoms with Crippen LogP contribution in [0.15, 0.2) is 24.3 Å². The van der Waals surface area contributed by atoms with Crippen LogP contribution in [0.2, 0.25) is 0 Å². The number of likely N-dealkylation sites (tertiary alicyclic amines) is 1. The number of carbonyl (C=O) groups is 2. The van der Waals surface area contributed by atoms with E-state index in [0.717, 1.165) is 49.7 Å². The van der Waals surface area contributed by atoms with E-state index in [4.69, 9.17) is 15.9 Å². The number of carbonyl (C=O) groups excluding carboxylic acids is 2. The summed E-state index contributed by atoms with van der Waals surface area (Å²) in [7, 11) is 2.09. The third-order valence-electron chi connectivity index (χ3n) is 7.84. The normalized spacial score (nSPS) is 22.5. The van der Waals surface area contributed by atoms with Crippen LogP contribution in [0, 0.1) is 11.3 Å². The van der Waals surface area contributed by atoms with Crippen LogP contribution in [-0.4, -0.2) is 59.0 Å². The van der Waals surface area contributed by atoms with Gasteiger partial charge >= 0.3 is 5.97 Å². The van der Waals surface area contributed by atoms with Crippen molar-refractivity contribution in [2.45, 2.75) is 70.4 Å². The van der Waals surface area contributed by atoms with Gasteiger partial charge in [0.2, 0.25) is 5.91 Å². The minimum Gasteiger partial charge on any atom is -0.465 e. The summed E-state index contributed by atoms with van der Waals surface area (Å²) < 4.78 is 7.14. The zero-order valence-corrected chi connectivity index (χ0v) is 21.0.